The molecule has 0 radical (unpaired) electrons. The van der Waals surface area contributed by atoms with Crippen LogP contribution in [-0.4, -0.2) is 31.8 Å². The van der Waals surface area contributed by atoms with Gasteiger partial charge in [-0.2, -0.15) is 0 Å². The molecule has 0 saturated carbocycles. The van der Waals surface area contributed by atoms with E-state index in [2.05, 4.69) is 15.8 Å². The van der Waals surface area contributed by atoms with E-state index in [9.17, 15) is 9.59 Å². The summed E-state index contributed by atoms with van der Waals surface area (Å²) in [4.78, 5) is 20.5. The third-order valence-corrected chi connectivity index (χ3v) is 1.80. The smallest absolute Gasteiger partial charge is 0.404 e. The van der Waals surface area contributed by atoms with Crippen molar-refractivity contribution in [1.29, 1.82) is 0 Å². The highest BCUT2D eigenvalue weighted by molar-refractivity contribution is 5.74. The maximum absolute atomic E-state index is 10.9. The minimum atomic E-state index is -0.711. The zero-order chi connectivity index (χ0) is 14.5. The second-order valence-electron chi connectivity index (χ2n) is 3.28. The van der Waals surface area contributed by atoms with Gasteiger partial charge >= 0.3 is 12.1 Å². The van der Waals surface area contributed by atoms with Gasteiger partial charge < -0.3 is 20.5 Å². The Morgan fingerprint density at radius 1 is 1.11 bits per heavy atom. The van der Waals surface area contributed by atoms with Crippen LogP contribution in [-0.2, 0) is 14.3 Å². The molecule has 1 aromatic carbocycles. The molecule has 0 heterocycles. The van der Waals surface area contributed by atoms with Crippen molar-refractivity contribution in [2.24, 2.45) is 5.73 Å². The Labute approximate surface area is 112 Å². The summed E-state index contributed by atoms with van der Waals surface area (Å²) in [5, 5.41) is 2.95. The first-order valence-electron chi connectivity index (χ1n) is 5.96. The van der Waals surface area contributed by atoms with Gasteiger partial charge in [0.05, 0.1) is 13.2 Å². The van der Waals surface area contributed by atoms with E-state index in [0.29, 0.717) is 13.2 Å². The highest BCUT2D eigenvalue weighted by Gasteiger charge is 1.99. The lowest BCUT2D eigenvalue weighted by Crippen LogP contribution is -2.16. The van der Waals surface area contributed by atoms with Gasteiger partial charge in [-0.1, -0.05) is 18.2 Å². The zero-order valence-electron chi connectivity index (χ0n) is 11.2. The highest BCUT2D eigenvalue weighted by atomic mass is 16.5. The van der Waals surface area contributed by atoms with Crippen molar-refractivity contribution in [1.82, 2.24) is 0 Å². The Bertz CT molecular complexity index is 368. The first-order valence-corrected chi connectivity index (χ1v) is 5.96. The molecule has 0 unspecified atom stereocenters. The molecule has 0 aliphatic carbocycles. The predicted molar refractivity (Wildman–Crippen MR) is 72.8 cm³/mol. The average Bonchev–Trinajstić information content (AvgIpc) is 2.38. The number of esters is 1. The van der Waals surface area contributed by atoms with Crippen molar-refractivity contribution in [2.45, 2.75) is 13.8 Å². The fourth-order valence-corrected chi connectivity index (χ4v) is 1.08. The summed E-state index contributed by atoms with van der Waals surface area (Å²) < 4.78 is 8.94. The van der Waals surface area contributed by atoms with Crippen LogP contribution < -0.4 is 11.1 Å². The van der Waals surface area contributed by atoms with Gasteiger partial charge in [-0.05, 0) is 26.0 Å². The Morgan fingerprint density at radius 2 is 1.68 bits per heavy atom. The molecule has 0 aromatic heterocycles. The monoisotopic (exact) mass is 268 g/mol. The highest BCUT2D eigenvalue weighted by Crippen LogP contribution is 2.03. The number of carbonyl (C=O) groups excluding carboxylic acids is 2. The third-order valence-electron chi connectivity index (χ3n) is 1.80. The van der Waals surface area contributed by atoms with E-state index in [4.69, 9.17) is 4.74 Å². The molecule has 1 amide bonds. The number of amides is 1. The number of nitrogens with two attached hydrogens (primary N) is 1. The number of anilines is 1. The van der Waals surface area contributed by atoms with Gasteiger partial charge in [0.2, 0.25) is 0 Å². The number of primary amides is 1. The van der Waals surface area contributed by atoms with Crippen molar-refractivity contribution in [2.75, 3.05) is 25.1 Å². The van der Waals surface area contributed by atoms with Crippen LogP contribution in [0, 0.1) is 0 Å². The number of hydrogen-bond donors (Lipinski definition) is 2. The molecule has 1 rings (SSSR count). The summed E-state index contributed by atoms with van der Waals surface area (Å²) in [6.45, 7) is 4.49. The molecule has 0 spiro atoms. The van der Waals surface area contributed by atoms with Crippen molar-refractivity contribution < 1.29 is 19.1 Å². The molecule has 19 heavy (non-hydrogen) atoms. The number of benzene rings is 1. The minimum Gasteiger partial charge on any atom is -0.465 e. The third kappa shape index (κ3) is 10.6. The van der Waals surface area contributed by atoms with E-state index < -0.39 is 6.09 Å². The van der Waals surface area contributed by atoms with Crippen molar-refractivity contribution in [3.63, 3.8) is 0 Å². The van der Waals surface area contributed by atoms with Crippen LogP contribution in [0.5, 0.6) is 0 Å². The lowest BCUT2D eigenvalue weighted by Gasteiger charge is -2.04. The number of carbonyl (C=O) groups is 2. The summed E-state index contributed by atoms with van der Waals surface area (Å²) in [5.41, 5.74) is 5.47. The Morgan fingerprint density at radius 3 is 2.11 bits per heavy atom. The SMILES string of the molecule is CCOC(=O)CNc1ccccc1.CCOC(N)=O. The predicted octanol–water partition coefficient (Wildman–Crippen LogP) is 1.76. The summed E-state index contributed by atoms with van der Waals surface area (Å²) >= 11 is 0. The Kier molecular flexibility index (Phi) is 9.60. The van der Waals surface area contributed by atoms with Crippen LogP contribution in [0.1, 0.15) is 13.8 Å². The first kappa shape index (κ1) is 16.8. The van der Waals surface area contributed by atoms with Crippen LogP contribution in [0.3, 0.4) is 0 Å². The van der Waals surface area contributed by atoms with Crippen molar-refractivity contribution in [3.05, 3.63) is 30.3 Å². The quantitative estimate of drug-likeness (QED) is 0.794. The largest absolute Gasteiger partial charge is 0.465 e. The number of ether oxygens (including phenoxy) is 2. The molecule has 0 aliphatic heterocycles. The maximum Gasteiger partial charge on any atom is 0.404 e. The molecule has 3 N–H and O–H groups in total. The van der Waals surface area contributed by atoms with Gasteiger partial charge in [0.15, 0.2) is 0 Å². The zero-order valence-corrected chi connectivity index (χ0v) is 11.2. The molecule has 6 heteroatoms. The summed E-state index contributed by atoms with van der Waals surface area (Å²) in [6.07, 6.45) is -0.711. The molecule has 0 bridgehead atoms. The van der Waals surface area contributed by atoms with E-state index in [1.165, 1.54) is 0 Å². The van der Waals surface area contributed by atoms with Crippen LogP contribution in [0.2, 0.25) is 0 Å². The topological polar surface area (TPSA) is 90.7 Å². The standard InChI is InChI=1S/C10H13NO2.C3H7NO2/c1-2-13-10(12)8-11-9-6-4-3-5-7-9;1-2-6-3(4)5/h3-7,11H,2,8H2,1H3;2H2,1H3,(H2,4,5). The van der Waals surface area contributed by atoms with Crippen LogP contribution >= 0.6 is 0 Å². The molecule has 0 aliphatic rings. The van der Waals surface area contributed by atoms with E-state index >= 15 is 0 Å². The van der Waals surface area contributed by atoms with E-state index in [0.717, 1.165) is 5.69 Å². The average molecular weight is 268 g/mol. The lowest BCUT2D eigenvalue weighted by atomic mass is 10.3. The molecule has 6 nitrogen and oxygen atoms in total. The van der Waals surface area contributed by atoms with Crippen LogP contribution in [0.25, 0.3) is 0 Å². The van der Waals surface area contributed by atoms with Gasteiger partial charge in [-0.25, -0.2) is 4.79 Å². The van der Waals surface area contributed by atoms with Crippen molar-refractivity contribution >= 4 is 17.7 Å². The second kappa shape index (κ2) is 10.9. The van der Waals surface area contributed by atoms with Crippen LogP contribution in [0.15, 0.2) is 30.3 Å². The molecule has 1 aromatic rings. The number of rotatable bonds is 5. The fraction of sp³-hybridized carbons (Fsp3) is 0.385. The van der Waals surface area contributed by atoms with Gasteiger partial charge in [0.25, 0.3) is 0 Å². The fourth-order valence-electron chi connectivity index (χ4n) is 1.08. The van der Waals surface area contributed by atoms with Gasteiger partial charge in [0, 0.05) is 5.69 Å². The Hall–Kier alpha value is -2.24. The van der Waals surface area contributed by atoms with E-state index in [1.807, 2.05) is 30.3 Å². The van der Waals surface area contributed by atoms with Gasteiger partial charge in [0.1, 0.15) is 6.54 Å². The van der Waals surface area contributed by atoms with Gasteiger partial charge in [-0.3, -0.25) is 4.79 Å². The number of hydrogen-bond acceptors (Lipinski definition) is 5. The summed E-state index contributed by atoms with van der Waals surface area (Å²) in [5.74, 6) is -0.230. The first-order chi connectivity index (χ1) is 9.10. The molecule has 0 fully saturated rings. The summed E-state index contributed by atoms with van der Waals surface area (Å²) in [6, 6.07) is 9.55. The minimum absolute atomic E-state index is 0.220. The molecular weight excluding hydrogens is 248 g/mol. The second-order valence-corrected chi connectivity index (χ2v) is 3.28. The van der Waals surface area contributed by atoms with E-state index in [1.54, 1.807) is 13.8 Å². The molecule has 0 saturated heterocycles. The number of para-hydroxylation sites is 1. The molecule has 0 atom stereocenters. The summed E-state index contributed by atoms with van der Waals surface area (Å²) in [7, 11) is 0. The van der Waals surface area contributed by atoms with E-state index in [-0.39, 0.29) is 12.5 Å². The van der Waals surface area contributed by atoms with Crippen molar-refractivity contribution in [3.8, 4) is 0 Å². The number of nitrogens with one attached hydrogen (secondary N) is 1. The molecular formula is C13H20N2O4. The lowest BCUT2D eigenvalue weighted by molar-refractivity contribution is -0.140. The van der Waals surface area contributed by atoms with Gasteiger partial charge in [-0.15, -0.1) is 0 Å². The Balaban J connectivity index is 0.000000459. The van der Waals surface area contributed by atoms with Crippen LogP contribution in [0.4, 0.5) is 10.5 Å². The maximum atomic E-state index is 10.9. The molecule has 106 valence electrons. The normalized spacial score (nSPS) is 8.74.